The lowest BCUT2D eigenvalue weighted by atomic mass is 10.0. The van der Waals surface area contributed by atoms with Crippen molar-refractivity contribution in [1.29, 1.82) is 0 Å². The smallest absolute Gasteiger partial charge is 0.337 e. The van der Waals surface area contributed by atoms with E-state index in [2.05, 4.69) is 17.4 Å². The fourth-order valence-corrected chi connectivity index (χ4v) is 1.58. The van der Waals surface area contributed by atoms with Crippen molar-refractivity contribution in [3.8, 4) is 0 Å². The summed E-state index contributed by atoms with van der Waals surface area (Å²) in [6, 6.07) is 5.60. The molecule has 1 aromatic rings. The minimum absolute atomic E-state index is 0.287. The summed E-state index contributed by atoms with van der Waals surface area (Å²) in [5, 5.41) is 0. The highest BCUT2D eigenvalue weighted by atomic mass is 32.1. The molecule has 0 aliphatic carbocycles. The zero-order valence-electron chi connectivity index (χ0n) is 8.41. The van der Waals surface area contributed by atoms with E-state index < -0.39 is 0 Å². The Morgan fingerprint density at radius 2 is 2.21 bits per heavy atom. The maximum atomic E-state index is 11.2. The normalized spacial score (nSPS) is 9.93. The lowest BCUT2D eigenvalue weighted by Crippen LogP contribution is -2.02. The van der Waals surface area contributed by atoms with E-state index in [1.165, 1.54) is 12.7 Å². The van der Waals surface area contributed by atoms with Gasteiger partial charge in [0.25, 0.3) is 0 Å². The number of benzene rings is 1. The van der Waals surface area contributed by atoms with E-state index in [0.29, 0.717) is 5.56 Å². The number of carbonyl (C=O) groups is 1. The minimum Gasteiger partial charge on any atom is -0.465 e. The van der Waals surface area contributed by atoms with Crippen LogP contribution in [0, 0.1) is 6.92 Å². The number of hydrogen-bond acceptors (Lipinski definition) is 3. The molecule has 0 aliphatic rings. The maximum Gasteiger partial charge on any atom is 0.337 e. The van der Waals surface area contributed by atoms with Gasteiger partial charge in [-0.15, -0.1) is 0 Å². The Morgan fingerprint density at radius 1 is 1.50 bits per heavy atom. The van der Waals surface area contributed by atoms with Crippen LogP contribution in [0.1, 0.15) is 21.5 Å². The Kier molecular flexibility index (Phi) is 4.01. The molecular weight excluding hydrogens is 196 g/mol. The van der Waals surface area contributed by atoms with Crippen molar-refractivity contribution in [2.45, 2.75) is 13.3 Å². The number of hydrogen-bond donors (Lipinski definition) is 1. The predicted octanol–water partition coefficient (Wildman–Crippen LogP) is 2.25. The molecule has 0 aromatic heterocycles. The van der Waals surface area contributed by atoms with E-state index in [4.69, 9.17) is 0 Å². The highest BCUT2D eigenvalue weighted by Crippen LogP contribution is 2.13. The van der Waals surface area contributed by atoms with E-state index in [-0.39, 0.29) is 5.97 Å². The molecule has 76 valence electrons. The first kappa shape index (κ1) is 11.1. The summed E-state index contributed by atoms with van der Waals surface area (Å²) in [7, 11) is 1.39. The van der Waals surface area contributed by atoms with Crippen LogP contribution in [0.2, 0.25) is 0 Å². The van der Waals surface area contributed by atoms with Crippen LogP contribution < -0.4 is 0 Å². The Labute approximate surface area is 89.7 Å². The number of ether oxygens (including phenoxy) is 1. The number of esters is 1. The molecule has 1 aromatic carbocycles. The van der Waals surface area contributed by atoms with Crippen LogP contribution in [-0.2, 0) is 11.2 Å². The zero-order valence-corrected chi connectivity index (χ0v) is 9.30. The van der Waals surface area contributed by atoms with Crippen molar-refractivity contribution in [1.82, 2.24) is 0 Å². The van der Waals surface area contributed by atoms with Crippen molar-refractivity contribution in [2.75, 3.05) is 12.9 Å². The first-order valence-corrected chi connectivity index (χ1v) is 5.11. The summed E-state index contributed by atoms with van der Waals surface area (Å²) in [5.41, 5.74) is 2.95. The molecule has 0 spiro atoms. The molecule has 0 fully saturated rings. The third-order valence-electron chi connectivity index (χ3n) is 2.14. The van der Waals surface area contributed by atoms with Crippen LogP contribution in [-0.4, -0.2) is 18.8 Å². The Morgan fingerprint density at radius 3 is 2.71 bits per heavy atom. The first-order chi connectivity index (χ1) is 6.69. The molecule has 0 amide bonds. The summed E-state index contributed by atoms with van der Waals surface area (Å²) in [5.74, 6) is 0.531. The molecule has 0 N–H and O–H groups in total. The number of rotatable bonds is 3. The van der Waals surface area contributed by atoms with E-state index in [1.54, 1.807) is 6.07 Å². The van der Waals surface area contributed by atoms with Crippen LogP contribution in [0.4, 0.5) is 0 Å². The minimum atomic E-state index is -0.287. The van der Waals surface area contributed by atoms with Gasteiger partial charge in [-0.25, -0.2) is 4.79 Å². The third kappa shape index (κ3) is 2.51. The summed E-state index contributed by atoms with van der Waals surface area (Å²) < 4.78 is 4.64. The van der Waals surface area contributed by atoms with E-state index >= 15 is 0 Å². The maximum absolute atomic E-state index is 11.2. The molecule has 0 bridgehead atoms. The fourth-order valence-electron chi connectivity index (χ4n) is 1.34. The number of carbonyl (C=O) groups excluding carboxylic acids is 1. The Balaban J connectivity index is 2.94. The predicted molar refractivity (Wildman–Crippen MR) is 60.1 cm³/mol. The lowest BCUT2D eigenvalue weighted by Gasteiger charge is -2.05. The van der Waals surface area contributed by atoms with Gasteiger partial charge < -0.3 is 4.74 Å². The number of methoxy groups -OCH3 is 1. The number of aryl methyl sites for hydroxylation is 2. The van der Waals surface area contributed by atoms with Gasteiger partial charge in [-0.2, -0.15) is 12.6 Å². The largest absolute Gasteiger partial charge is 0.465 e. The molecule has 0 radical (unpaired) electrons. The highest BCUT2D eigenvalue weighted by molar-refractivity contribution is 7.80. The molecule has 0 saturated heterocycles. The van der Waals surface area contributed by atoms with E-state index in [9.17, 15) is 4.79 Å². The summed E-state index contributed by atoms with van der Waals surface area (Å²) in [6.45, 7) is 1.99. The summed E-state index contributed by atoms with van der Waals surface area (Å²) >= 11 is 4.17. The van der Waals surface area contributed by atoms with Gasteiger partial charge in [0, 0.05) is 0 Å². The van der Waals surface area contributed by atoms with Gasteiger partial charge >= 0.3 is 5.97 Å². The summed E-state index contributed by atoms with van der Waals surface area (Å²) in [4.78, 5) is 11.2. The molecule has 0 atom stereocenters. The number of thiol groups is 1. The molecule has 0 aliphatic heterocycles. The molecule has 3 heteroatoms. The second-order valence-electron chi connectivity index (χ2n) is 3.11. The molecule has 0 saturated carbocycles. The van der Waals surface area contributed by atoms with Crippen LogP contribution >= 0.6 is 12.6 Å². The van der Waals surface area contributed by atoms with Crippen LogP contribution in [0.25, 0.3) is 0 Å². The van der Waals surface area contributed by atoms with Crippen LogP contribution in [0.3, 0.4) is 0 Å². The van der Waals surface area contributed by atoms with Crippen molar-refractivity contribution >= 4 is 18.6 Å². The molecule has 14 heavy (non-hydrogen) atoms. The van der Waals surface area contributed by atoms with Gasteiger partial charge in [0.15, 0.2) is 0 Å². The first-order valence-electron chi connectivity index (χ1n) is 4.47. The average molecular weight is 210 g/mol. The second-order valence-corrected chi connectivity index (χ2v) is 3.55. The topological polar surface area (TPSA) is 26.3 Å². The summed E-state index contributed by atoms with van der Waals surface area (Å²) in [6.07, 6.45) is 0.927. The van der Waals surface area contributed by atoms with Crippen molar-refractivity contribution in [3.05, 3.63) is 34.9 Å². The van der Waals surface area contributed by atoms with Gasteiger partial charge in [0.1, 0.15) is 0 Å². The molecular formula is C11H14O2S. The Bertz CT molecular complexity index is 334. The second kappa shape index (κ2) is 5.05. The van der Waals surface area contributed by atoms with Crippen LogP contribution in [0.5, 0.6) is 0 Å². The van der Waals surface area contributed by atoms with Gasteiger partial charge in [-0.3, -0.25) is 0 Å². The average Bonchev–Trinajstić information content (AvgIpc) is 2.20. The van der Waals surface area contributed by atoms with Crippen LogP contribution in [0.15, 0.2) is 18.2 Å². The molecule has 2 nitrogen and oxygen atoms in total. The molecule has 0 heterocycles. The SMILES string of the molecule is COC(=O)c1ccc(CCS)c(C)c1. The Hall–Kier alpha value is -0.960. The van der Waals surface area contributed by atoms with Gasteiger partial charge in [0.2, 0.25) is 0 Å². The van der Waals surface area contributed by atoms with Gasteiger partial charge in [-0.1, -0.05) is 6.07 Å². The molecule has 1 rings (SSSR count). The van der Waals surface area contributed by atoms with Gasteiger partial charge in [-0.05, 0) is 42.4 Å². The zero-order chi connectivity index (χ0) is 10.6. The fraction of sp³-hybridized carbons (Fsp3) is 0.364. The third-order valence-corrected chi connectivity index (χ3v) is 2.37. The standard InChI is InChI=1S/C11H14O2S/c1-8-7-10(11(12)13-2)4-3-9(8)5-6-14/h3-4,7,14H,5-6H2,1-2H3. The van der Waals surface area contributed by atoms with Gasteiger partial charge in [0.05, 0.1) is 12.7 Å². The quantitative estimate of drug-likeness (QED) is 0.612. The van der Waals surface area contributed by atoms with Crippen molar-refractivity contribution in [2.24, 2.45) is 0 Å². The van der Waals surface area contributed by atoms with E-state index in [0.717, 1.165) is 17.7 Å². The van der Waals surface area contributed by atoms with Crippen molar-refractivity contribution in [3.63, 3.8) is 0 Å². The van der Waals surface area contributed by atoms with E-state index in [1.807, 2.05) is 19.1 Å². The lowest BCUT2D eigenvalue weighted by molar-refractivity contribution is 0.0600. The molecule has 0 unspecified atom stereocenters. The van der Waals surface area contributed by atoms with Crippen molar-refractivity contribution < 1.29 is 9.53 Å². The highest BCUT2D eigenvalue weighted by Gasteiger charge is 2.06. The monoisotopic (exact) mass is 210 g/mol.